The maximum absolute atomic E-state index is 11.6. The Bertz CT molecular complexity index is 780. The summed E-state index contributed by atoms with van der Waals surface area (Å²) in [6, 6.07) is 5.05. The number of aromatic nitrogens is 1. The maximum Gasteiger partial charge on any atom is 0.337 e. The molecule has 0 amide bonds. The fraction of sp³-hybridized carbons (Fsp3) is 0.200. The standard InChI is InChI=1S/C15H14BrNO4/c1-7-4-5-9(15(20)21-3)6-10(7)11-8(2)17-14(19)12(16)13(11)18/h4-6H,1-3H3,(H2,17,18,19). The van der Waals surface area contributed by atoms with Crippen LogP contribution in [0.3, 0.4) is 0 Å². The van der Waals surface area contributed by atoms with Crippen LogP contribution in [0.4, 0.5) is 0 Å². The van der Waals surface area contributed by atoms with Gasteiger partial charge >= 0.3 is 5.97 Å². The molecule has 6 heteroatoms. The van der Waals surface area contributed by atoms with Crippen LogP contribution < -0.4 is 5.56 Å². The van der Waals surface area contributed by atoms with Gasteiger partial charge in [-0.1, -0.05) is 6.07 Å². The molecule has 2 N–H and O–H groups in total. The molecule has 0 bridgehead atoms. The van der Waals surface area contributed by atoms with Crippen LogP contribution in [0.15, 0.2) is 27.5 Å². The van der Waals surface area contributed by atoms with E-state index in [2.05, 4.69) is 20.9 Å². The zero-order chi connectivity index (χ0) is 15.7. The van der Waals surface area contributed by atoms with Crippen LogP contribution in [0, 0.1) is 13.8 Å². The Morgan fingerprint density at radius 1 is 1.33 bits per heavy atom. The number of aromatic amines is 1. The van der Waals surface area contributed by atoms with E-state index >= 15 is 0 Å². The number of esters is 1. The minimum Gasteiger partial charge on any atom is -0.506 e. The van der Waals surface area contributed by atoms with E-state index < -0.39 is 11.5 Å². The summed E-state index contributed by atoms with van der Waals surface area (Å²) >= 11 is 3.06. The van der Waals surface area contributed by atoms with E-state index in [1.165, 1.54) is 7.11 Å². The Labute approximate surface area is 129 Å². The highest BCUT2D eigenvalue weighted by Gasteiger charge is 2.18. The highest BCUT2D eigenvalue weighted by molar-refractivity contribution is 9.10. The van der Waals surface area contributed by atoms with Gasteiger partial charge < -0.3 is 14.8 Å². The Hall–Kier alpha value is -2.08. The number of hydrogen-bond acceptors (Lipinski definition) is 4. The van der Waals surface area contributed by atoms with Gasteiger partial charge in [0, 0.05) is 11.3 Å². The summed E-state index contributed by atoms with van der Waals surface area (Å²) < 4.78 is 4.76. The summed E-state index contributed by atoms with van der Waals surface area (Å²) in [4.78, 5) is 25.9. The third-order valence-electron chi connectivity index (χ3n) is 3.25. The Morgan fingerprint density at radius 3 is 2.62 bits per heavy atom. The van der Waals surface area contributed by atoms with Crippen molar-refractivity contribution in [1.82, 2.24) is 4.98 Å². The molecule has 0 aliphatic carbocycles. The number of halogens is 1. The van der Waals surface area contributed by atoms with Crippen LogP contribution in [0.1, 0.15) is 21.6 Å². The number of nitrogens with one attached hydrogen (secondary N) is 1. The molecule has 1 aromatic carbocycles. The predicted octanol–water partition coefficient (Wildman–Crippen LogP) is 2.91. The first kappa shape index (κ1) is 15.3. The van der Waals surface area contributed by atoms with E-state index in [0.717, 1.165) is 5.56 Å². The lowest BCUT2D eigenvalue weighted by Crippen LogP contribution is -2.10. The molecule has 1 aromatic heterocycles. The number of rotatable bonds is 2. The van der Waals surface area contributed by atoms with E-state index in [-0.39, 0.29) is 10.2 Å². The summed E-state index contributed by atoms with van der Waals surface area (Å²) in [6.45, 7) is 3.54. The molecule has 0 spiro atoms. The minimum atomic E-state index is -0.461. The lowest BCUT2D eigenvalue weighted by atomic mass is 9.96. The normalized spacial score (nSPS) is 10.5. The van der Waals surface area contributed by atoms with Crippen molar-refractivity contribution in [1.29, 1.82) is 0 Å². The van der Waals surface area contributed by atoms with Gasteiger partial charge in [-0.2, -0.15) is 0 Å². The smallest absolute Gasteiger partial charge is 0.337 e. The molecule has 0 atom stereocenters. The van der Waals surface area contributed by atoms with E-state index in [9.17, 15) is 14.7 Å². The van der Waals surface area contributed by atoms with Crippen molar-refractivity contribution in [2.75, 3.05) is 7.11 Å². The summed E-state index contributed by atoms with van der Waals surface area (Å²) in [5.74, 6) is -0.613. The lowest BCUT2D eigenvalue weighted by Gasteiger charge is -2.13. The van der Waals surface area contributed by atoms with Gasteiger partial charge in [0.05, 0.1) is 12.7 Å². The first-order chi connectivity index (χ1) is 9.86. The van der Waals surface area contributed by atoms with Crippen LogP contribution in [0.5, 0.6) is 5.75 Å². The average molecular weight is 352 g/mol. The number of benzene rings is 1. The van der Waals surface area contributed by atoms with E-state index in [1.807, 2.05) is 6.92 Å². The molecule has 0 fully saturated rings. The summed E-state index contributed by atoms with van der Waals surface area (Å²) in [6.07, 6.45) is 0. The highest BCUT2D eigenvalue weighted by Crippen LogP contribution is 2.37. The van der Waals surface area contributed by atoms with E-state index in [1.54, 1.807) is 25.1 Å². The van der Waals surface area contributed by atoms with Gasteiger partial charge in [-0.3, -0.25) is 4.79 Å². The molecular weight excluding hydrogens is 338 g/mol. The van der Waals surface area contributed by atoms with Crippen LogP contribution >= 0.6 is 15.9 Å². The van der Waals surface area contributed by atoms with Gasteiger partial charge in [0.2, 0.25) is 0 Å². The molecule has 5 nitrogen and oxygen atoms in total. The number of aryl methyl sites for hydroxylation is 2. The van der Waals surface area contributed by atoms with Gasteiger partial charge in [0.25, 0.3) is 5.56 Å². The lowest BCUT2D eigenvalue weighted by molar-refractivity contribution is 0.0601. The summed E-state index contributed by atoms with van der Waals surface area (Å²) in [7, 11) is 1.31. The Morgan fingerprint density at radius 2 is 2.00 bits per heavy atom. The third kappa shape index (κ3) is 2.71. The third-order valence-corrected chi connectivity index (χ3v) is 3.98. The first-order valence-electron chi connectivity index (χ1n) is 6.17. The van der Waals surface area contributed by atoms with Gasteiger partial charge in [0.15, 0.2) is 0 Å². The molecule has 0 aliphatic heterocycles. The number of carbonyl (C=O) groups excluding carboxylic acids is 1. The topological polar surface area (TPSA) is 79.4 Å². The Kier molecular flexibility index (Phi) is 4.18. The van der Waals surface area contributed by atoms with Gasteiger partial charge in [-0.05, 0) is 53.0 Å². The van der Waals surface area contributed by atoms with Gasteiger partial charge in [-0.25, -0.2) is 4.79 Å². The van der Waals surface area contributed by atoms with Crippen molar-refractivity contribution in [3.05, 3.63) is 49.8 Å². The van der Waals surface area contributed by atoms with Crippen LogP contribution in [0.2, 0.25) is 0 Å². The van der Waals surface area contributed by atoms with Crippen LogP contribution in [-0.2, 0) is 4.74 Å². The number of ether oxygens (including phenoxy) is 1. The zero-order valence-electron chi connectivity index (χ0n) is 11.8. The number of methoxy groups -OCH3 is 1. The SMILES string of the molecule is COC(=O)c1ccc(C)c(-c2c(C)[nH]c(=O)c(Br)c2O)c1. The number of hydrogen-bond donors (Lipinski definition) is 2. The summed E-state index contributed by atoms with van der Waals surface area (Å²) in [5, 5.41) is 10.2. The van der Waals surface area contributed by atoms with Gasteiger partial charge in [0.1, 0.15) is 10.2 Å². The molecule has 0 saturated carbocycles. The zero-order valence-corrected chi connectivity index (χ0v) is 13.4. The number of aromatic hydroxyl groups is 1. The average Bonchev–Trinajstić information content (AvgIpc) is 2.46. The second-order valence-corrected chi connectivity index (χ2v) is 5.43. The minimum absolute atomic E-state index is 0.0611. The second kappa shape index (κ2) is 5.73. The van der Waals surface area contributed by atoms with Crippen LogP contribution in [-0.4, -0.2) is 23.2 Å². The molecule has 2 aromatic rings. The van der Waals surface area contributed by atoms with Gasteiger partial charge in [-0.15, -0.1) is 0 Å². The molecule has 1 heterocycles. The fourth-order valence-corrected chi connectivity index (χ4v) is 2.45. The summed E-state index contributed by atoms with van der Waals surface area (Å²) in [5.41, 5.74) is 2.48. The molecule has 0 radical (unpaired) electrons. The monoisotopic (exact) mass is 351 g/mol. The van der Waals surface area contributed by atoms with Crippen molar-refractivity contribution in [2.45, 2.75) is 13.8 Å². The van der Waals surface area contributed by atoms with Crippen molar-refractivity contribution in [2.24, 2.45) is 0 Å². The van der Waals surface area contributed by atoms with Crippen molar-refractivity contribution in [3.63, 3.8) is 0 Å². The molecule has 110 valence electrons. The largest absolute Gasteiger partial charge is 0.506 e. The molecular formula is C15H14BrNO4. The number of H-pyrrole nitrogens is 1. The molecule has 0 aliphatic rings. The molecule has 0 unspecified atom stereocenters. The highest BCUT2D eigenvalue weighted by atomic mass is 79.9. The van der Waals surface area contributed by atoms with Crippen molar-refractivity contribution < 1.29 is 14.6 Å². The Balaban J connectivity index is 2.76. The first-order valence-corrected chi connectivity index (χ1v) is 6.96. The van der Waals surface area contributed by atoms with Crippen molar-refractivity contribution in [3.8, 4) is 16.9 Å². The predicted molar refractivity (Wildman–Crippen MR) is 82.7 cm³/mol. The van der Waals surface area contributed by atoms with Crippen molar-refractivity contribution >= 4 is 21.9 Å². The van der Waals surface area contributed by atoms with E-state index in [0.29, 0.717) is 22.4 Å². The molecule has 0 saturated heterocycles. The van der Waals surface area contributed by atoms with E-state index in [4.69, 9.17) is 4.74 Å². The molecule has 21 heavy (non-hydrogen) atoms. The quantitative estimate of drug-likeness (QED) is 0.815. The second-order valence-electron chi connectivity index (χ2n) is 4.64. The maximum atomic E-state index is 11.6. The molecule has 2 rings (SSSR count). The van der Waals surface area contributed by atoms with Crippen LogP contribution in [0.25, 0.3) is 11.1 Å². The number of pyridine rings is 1. The number of carbonyl (C=O) groups is 1. The fourth-order valence-electron chi connectivity index (χ4n) is 2.15.